The molecule has 62 heavy (non-hydrogen) atoms. The van der Waals surface area contributed by atoms with E-state index >= 15 is 0 Å². The number of hydrogen-bond donors (Lipinski definition) is 0. The molecule has 0 radical (unpaired) electrons. The first-order valence-corrected chi connectivity index (χ1v) is 21.7. The molecule has 0 aliphatic heterocycles. The van der Waals surface area contributed by atoms with E-state index in [4.69, 9.17) is 9.97 Å². The van der Waals surface area contributed by atoms with Crippen molar-refractivity contribution in [1.82, 2.24) is 9.97 Å². The third-order valence-corrected chi connectivity index (χ3v) is 13.9. The summed E-state index contributed by atoms with van der Waals surface area (Å²) in [5.41, 5.74) is 20.6. The Hall–Kier alpha value is -7.42. The van der Waals surface area contributed by atoms with Gasteiger partial charge in [0.15, 0.2) is 5.82 Å². The Morgan fingerprint density at radius 3 is 1.60 bits per heavy atom. The molecule has 2 nitrogen and oxygen atoms in total. The monoisotopic (exact) mass is 792 g/mol. The van der Waals surface area contributed by atoms with E-state index in [0.717, 1.165) is 28.1 Å². The molecule has 0 fully saturated rings. The molecule has 9 aromatic carbocycles. The predicted molar refractivity (Wildman–Crippen MR) is 259 cm³/mol. The highest BCUT2D eigenvalue weighted by molar-refractivity contribution is 6.09. The van der Waals surface area contributed by atoms with Crippen molar-refractivity contribution in [3.8, 4) is 78.4 Å². The van der Waals surface area contributed by atoms with Gasteiger partial charge in [-0.2, -0.15) is 0 Å². The van der Waals surface area contributed by atoms with Gasteiger partial charge < -0.3 is 0 Å². The highest BCUT2D eigenvalue weighted by atomic mass is 14.9. The minimum absolute atomic E-state index is 0.0474. The van der Waals surface area contributed by atoms with Crippen molar-refractivity contribution in [2.24, 2.45) is 0 Å². The van der Waals surface area contributed by atoms with Crippen LogP contribution in [0.3, 0.4) is 0 Å². The van der Waals surface area contributed by atoms with Crippen molar-refractivity contribution >= 4 is 21.5 Å². The second kappa shape index (κ2) is 13.5. The topological polar surface area (TPSA) is 25.8 Å². The molecule has 1 aromatic heterocycles. The molecule has 2 heteroatoms. The van der Waals surface area contributed by atoms with Gasteiger partial charge in [0.1, 0.15) is 0 Å². The summed E-state index contributed by atoms with van der Waals surface area (Å²) in [5, 5.41) is 4.93. The van der Waals surface area contributed by atoms with Crippen LogP contribution in [0.25, 0.3) is 100.0 Å². The van der Waals surface area contributed by atoms with Gasteiger partial charge in [-0.3, -0.25) is 0 Å². The van der Waals surface area contributed by atoms with Crippen LogP contribution in [0, 0.1) is 0 Å². The first-order chi connectivity index (χ1) is 30.3. The predicted octanol–water partition coefficient (Wildman–Crippen LogP) is 15.7. The van der Waals surface area contributed by atoms with Gasteiger partial charge >= 0.3 is 0 Å². The molecule has 1 heterocycles. The molecule has 0 N–H and O–H groups in total. The van der Waals surface area contributed by atoms with Crippen LogP contribution in [-0.2, 0) is 10.8 Å². The van der Waals surface area contributed by atoms with Crippen molar-refractivity contribution in [3.63, 3.8) is 0 Å². The summed E-state index contributed by atoms with van der Waals surface area (Å²) in [6.45, 7) is 9.42. The van der Waals surface area contributed by atoms with E-state index in [1.165, 1.54) is 88.3 Å². The fourth-order valence-electron chi connectivity index (χ4n) is 10.7. The van der Waals surface area contributed by atoms with Gasteiger partial charge in [-0.25, -0.2) is 9.97 Å². The van der Waals surface area contributed by atoms with E-state index < -0.39 is 0 Å². The third-order valence-electron chi connectivity index (χ3n) is 13.9. The Labute approximate surface area is 363 Å². The van der Waals surface area contributed by atoms with Crippen molar-refractivity contribution in [1.29, 1.82) is 0 Å². The molecule has 0 unspecified atom stereocenters. The second-order valence-corrected chi connectivity index (χ2v) is 18.1. The number of aromatic nitrogens is 2. The molecular formula is C60H44N2. The average Bonchev–Trinajstić information content (AvgIpc) is 3.69. The Balaban J connectivity index is 0.995. The Bertz CT molecular complexity index is 3450. The van der Waals surface area contributed by atoms with Gasteiger partial charge in [0.2, 0.25) is 0 Å². The minimum Gasteiger partial charge on any atom is -0.228 e. The standard InChI is InChI=1S/C60H44N2/c1-59(2)50-25-13-12-22-48(50)56-42(23-14-26-51(56)59)37-28-30-38(31-29-37)54-36-55(62-58(61-54)39-16-6-5-7-17-39)46-33-32-45(43-20-10-11-21-44(43)46)47-24-15-27-52-57(47)49-34-40-18-8-9-19-41(40)35-53(49)60(52,3)4/h5-36H,1-4H3. The summed E-state index contributed by atoms with van der Waals surface area (Å²) >= 11 is 0. The molecule has 2 aliphatic carbocycles. The van der Waals surface area contributed by atoms with Gasteiger partial charge in [-0.05, 0) is 107 Å². The number of benzene rings is 9. The molecule has 10 aromatic rings. The van der Waals surface area contributed by atoms with Crippen LogP contribution in [0.1, 0.15) is 49.9 Å². The van der Waals surface area contributed by atoms with Crippen molar-refractivity contribution < 1.29 is 0 Å². The lowest BCUT2D eigenvalue weighted by atomic mass is 9.81. The molecule has 2 aliphatic rings. The normalized spacial score (nSPS) is 14.1. The Morgan fingerprint density at radius 1 is 0.306 bits per heavy atom. The fourth-order valence-corrected chi connectivity index (χ4v) is 10.7. The summed E-state index contributed by atoms with van der Waals surface area (Å²) in [7, 11) is 0. The van der Waals surface area contributed by atoms with E-state index in [9.17, 15) is 0 Å². The maximum atomic E-state index is 5.32. The highest BCUT2D eigenvalue weighted by Gasteiger charge is 2.38. The molecule has 0 spiro atoms. The van der Waals surface area contributed by atoms with Crippen LogP contribution in [0.2, 0.25) is 0 Å². The zero-order valence-corrected chi connectivity index (χ0v) is 35.4. The van der Waals surface area contributed by atoms with E-state index in [0.29, 0.717) is 5.82 Å². The van der Waals surface area contributed by atoms with Crippen LogP contribution >= 0.6 is 0 Å². The van der Waals surface area contributed by atoms with Gasteiger partial charge in [0.05, 0.1) is 11.4 Å². The van der Waals surface area contributed by atoms with Gasteiger partial charge in [-0.1, -0.05) is 204 Å². The summed E-state index contributed by atoms with van der Waals surface area (Å²) < 4.78 is 0. The lowest BCUT2D eigenvalue weighted by Gasteiger charge is -2.22. The molecule has 0 bridgehead atoms. The second-order valence-electron chi connectivity index (χ2n) is 18.1. The van der Waals surface area contributed by atoms with E-state index in [-0.39, 0.29) is 10.8 Å². The van der Waals surface area contributed by atoms with Crippen molar-refractivity contribution in [3.05, 3.63) is 216 Å². The number of hydrogen-bond acceptors (Lipinski definition) is 2. The number of fused-ring (bicyclic) bond motifs is 8. The maximum absolute atomic E-state index is 5.32. The largest absolute Gasteiger partial charge is 0.228 e. The summed E-state index contributed by atoms with van der Waals surface area (Å²) in [4.78, 5) is 10.6. The zero-order chi connectivity index (χ0) is 41.7. The van der Waals surface area contributed by atoms with E-state index in [1.807, 2.05) is 6.07 Å². The quantitative estimate of drug-likeness (QED) is 0.173. The zero-order valence-electron chi connectivity index (χ0n) is 35.4. The Kier molecular flexibility index (Phi) is 7.96. The third kappa shape index (κ3) is 5.43. The van der Waals surface area contributed by atoms with Crippen LogP contribution in [-0.4, -0.2) is 9.97 Å². The van der Waals surface area contributed by atoms with E-state index in [1.54, 1.807) is 0 Å². The Morgan fingerprint density at radius 2 is 0.839 bits per heavy atom. The molecule has 0 saturated carbocycles. The summed E-state index contributed by atoms with van der Waals surface area (Å²) in [6, 6.07) is 71.0. The molecule has 0 atom stereocenters. The molecule has 294 valence electrons. The molecular weight excluding hydrogens is 749 g/mol. The number of nitrogens with zero attached hydrogens (tertiary/aromatic N) is 2. The summed E-state index contributed by atoms with van der Waals surface area (Å²) in [5.74, 6) is 0.710. The maximum Gasteiger partial charge on any atom is 0.160 e. The summed E-state index contributed by atoms with van der Waals surface area (Å²) in [6.07, 6.45) is 0. The van der Waals surface area contributed by atoms with Crippen LogP contribution in [0.5, 0.6) is 0 Å². The molecule has 12 rings (SSSR count). The van der Waals surface area contributed by atoms with Crippen molar-refractivity contribution in [2.75, 3.05) is 0 Å². The lowest BCUT2D eigenvalue weighted by molar-refractivity contribution is 0.660. The van der Waals surface area contributed by atoms with Crippen LogP contribution in [0.15, 0.2) is 194 Å². The van der Waals surface area contributed by atoms with Crippen LogP contribution < -0.4 is 0 Å². The SMILES string of the molecule is CC1(C)c2ccccc2-c2c(-c3ccc(-c4cc(-c5ccc(-c6cccc7c6-c6cc8ccccc8cc6C7(C)C)c6ccccc56)nc(-c5ccccc5)n4)cc3)cccc21. The van der Waals surface area contributed by atoms with Crippen LogP contribution in [0.4, 0.5) is 0 Å². The lowest BCUT2D eigenvalue weighted by Crippen LogP contribution is -2.14. The van der Waals surface area contributed by atoms with Gasteiger partial charge in [0.25, 0.3) is 0 Å². The molecule has 0 saturated heterocycles. The number of rotatable bonds is 5. The van der Waals surface area contributed by atoms with Gasteiger partial charge in [0, 0.05) is 27.5 Å². The van der Waals surface area contributed by atoms with Gasteiger partial charge in [-0.15, -0.1) is 0 Å². The first-order valence-electron chi connectivity index (χ1n) is 21.7. The molecule has 0 amide bonds. The smallest absolute Gasteiger partial charge is 0.160 e. The highest BCUT2D eigenvalue weighted by Crippen LogP contribution is 2.55. The minimum atomic E-state index is -0.118. The fraction of sp³-hybridized carbons (Fsp3) is 0.100. The average molecular weight is 793 g/mol. The first kappa shape index (κ1) is 36.4. The van der Waals surface area contributed by atoms with Crippen molar-refractivity contribution in [2.45, 2.75) is 38.5 Å². The van der Waals surface area contributed by atoms with E-state index in [2.05, 4.69) is 216 Å².